The second-order valence-corrected chi connectivity index (χ2v) is 6.75. The first kappa shape index (κ1) is 15.2. The number of hydrogen-bond donors (Lipinski definition) is 1. The summed E-state index contributed by atoms with van der Waals surface area (Å²) in [6, 6.07) is 0. The third-order valence-corrected chi connectivity index (χ3v) is 4.59. The SMILES string of the molecule is COCC1CCCN(CC(C)(C)N2CCNCC2)C1. The summed E-state index contributed by atoms with van der Waals surface area (Å²) in [6.45, 7) is 14.0. The van der Waals surface area contributed by atoms with E-state index in [2.05, 4.69) is 29.0 Å². The van der Waals surface area contributed by atoms with Crippen LogP contribution in [0.25, 0.3) is 0 Å². The van der Waals surface area contributed by atoms with Gasteiger partial charge in [0.05, 0.1) is 6.61 Å². The Kier molecular flexibility index (Phi) is 5.63. The monoisotopic (exact) mass is 269 g/mol. The van der Waals surface area contributed by atoms with Crippen molar-refractivity contribution in [3.05, 3.63) is 0 Å². The summed E-state index contributed by atoms with van der Waals surface area (Å²) in [5.41, 5.74) is 0.289. The van der Waals surface area contributed by atoms with Crippen LogP contribution in [-0.4, -0.2) is 74.9 Å². The van der Waals surface area contributed by atoms with Crippen LogP contribution in [0.1, 0.15) is 26.7 Å². The molecule has 4 heteroatoms. The molecule has 0 bridgehead atoms. The maximum Gasteiger partial charge on any atom is 0.0502 e. The van der Waals surface area contributed by atoms with Crippen LogP contribution in [0, 0.1) is 5.92 Å². The van der Waals surface area contributed by atoms with Crippen molar-refractivity contribution in [3.63, 3.8) is 0 Å². The molecule has 19 heavy (non-hydrogen) atoms. The fourth-order valence-corrected chi connectivity index (χ4v) is 3.58. The molecule has 0 spiro atoms. The molecule has 2 aliphatic rings. The lowest BCUT2D eigenvalue weighted by Gasteiger charge is -2.45. The zero-order chi connectivity index (χ0) is 13.7. The molecule has 0 aromatic carbocycles. The Labute approximate surface area is 118 Å². The van der Waals surface area contributed by atoms with E-state index < -0.39 is 0 Å². The zero-order valence-corrected chi connectivity index (χ0v) is 13.0. The Bertz CT molecular complexity index is 262. The molecule has 2 fully saturated rings. The van der Waals surface area contributed by atoms with Gasteiger partial charge in [0.15, 0.2) is 0 Å². The zero-order valence-electron chi connectivity index (χ0n) is 13.0. The molecule has 112 valence electrons. The molecule has 0 saturated carbocycles. The average molecular weight is 269 g/mol. The van der Waals surface area contributed by atoms with Gasteiger partial charge in [-0.15, -0.1) is 0 Å². The quantitative estimate of drug-likeness (QED) is 0.807. The summed E-state index contributed by atoms with van der Waals surface area (Å²) >= 11 is 0. The van der Waals surface area contributed by atoms with Crippen molar-refractivity contribution < 1.29 is 4.74 Å². The molecule has 2 heterocycles. The minimum absolute atomic E-state index is 0.289. The smallest absolute Gasteiger partial charge is 0.0502 e. The Hall–Kier alpha value is -0.160. The van der Waals surface area contributed by atoms with E-state index in [0.717, 1.165) is 25.6 Å². The molecule has 0 aliphatic carbocycles. The lowest BCUT2D eigenvalue weighted by Crippen LogP contribution is -2.58. The topological polar surface area (TPSA) is 27.7 Å². The highest BCUT2D eigenvalue weighted by Crippen LogP contribution is 2.22. The number of likely N-dealkylation sites (tertiary alicyclic amines) is 1. The van der Waals surface area contributed by atoms with Crippen LogP contribution < -0.4 is 5.32 Å². The largest absolute Gasteiger partial charge is 0.384 e. The van der Waals surface area contributed by atoms with Gasteiger partial charge in [0.25, 0.3) is 0 Å². The maximum absolute atomic E-state index is 5.33. The van der Waals surface area contributed by atoms with Crippen molar-refractivity contribution in [3.8, 4) is 0 Å². The molecule has 0 aromatic heterocycles. The van der Waals surface area contributed by atoms with Gasteiger partial charge in [0, 0.05) is 51.9 Å². The normalized spacial score (nSPS) is 27.6. The molecule has 0 amide bonds. The molecule has 1 unspecified atom stereocenters. The second-order valence-electron chi connectivity index (χ2n) is 6.75. The van der Waals surface area contributed by atoms with E-state index in [4.69, 9.17) is 4.74 Å². The Balaban J connectivity index is 1.84. The lowest BCUT2D eigenvalue weighted by molar-refractivity contribution is 0.0328. The first-order chi connectivity index (χ1) is 9.12. The first-order valence-electron chi connectivity index (χ1n) is 7.79. The van der Waals surface area contributed by atoms with E-state index in [1.54, 1.807) is 0 Å². The van der Waals surface area contributed by atoms with Crippen LogP contribution in [0.15, 0.2) is 0 Å². The Morgan fingerprint density at radius 1 is 1.21 bits per heavy atom. The summed E-state index contributed by atoms with van der Waals surface area (Å²) in [5, 5.41) is 3.44. The van der Waals surface area contributed by atoms with E-state index in [1.807, 2.05) is 7.11 Å². The highest BCUT2D eigenvalue weighted by Gasteiger charge is 2.31. The predicted molar refractivity (Wildman–Crippen MR) is 79.6 cm³/mol. The van der Waals surface area contributed by atoms with Gasteiger partial charge in [0.1, 0.15) is 0 Å². The summed E-state index contributed by atoms with van der Waals surface area (Å²) in [5.74, 6) is 0.734. The van der Waals surface area contributed by atoms with E-state index in [-0.39, 0.29) is 5.54 Å². The van der Waals surface area contributed by atoms with Crippen LogP contribution >= 0.6 is 0 Å². The van der Waals surface area contributed by atoms with E-state index in [1.165, 1.54) is 45.6 Å². The van der Waals surface area contributed by atoms with Crippen molar-refractivity contribution in [2.24, 2.45) is 5.92 Å². The molecule has 1 atom stereocenters. The second kappa shape index (κ2) is 7.02. The fourth-order valence-electron chi connectivity index (χ4n) is 3.58. The summed E-state index contributed by atoms with van der Waals surface area (Å²) in [4.78, 5) is 5.29. The van der Waals surface area contributed by atoms with Gasteiger partial charge in [-0.25, -0.2) is 0 Å². The van der Waals surface area contributed by atoms with Crippen molar-refractivity contribution in [2.45, 2.75) is 32.2 Å². The standard InChI is InChI=1S/C15H31N3O/c1-15(2,18-9-6-16-7-10-18)13-17-8-4-5-14(11-17)12-19-3/h14,16H,4-13H2,1-3H3. The summed E-state index contributed by atoms with van der Waals surface area (Å²) < 4.78 is 5.33. The Morgan fingerprint density at radius 2 is 1.95 bits per heavy atom. The first-order valence-corrected chi connectivity index (χ1v) is 7.79. The number of nitrogens with zero attached hydrogens (tertiary/aromatic N) is 2. The lowest BCUT2D eigenvalue weighted by atomic mass is 9.95. The fraction of sp³-hybridized carbons (Fsp3) is 1.00. The molecule has 0 radical (unpaired) electrons. The third kappa shape index (κ3) is 4.42. The van der Waals surface area contributed by atoms with Gasteiger partial charge in [-0.1, -0.05) is 0 Å². The number of nitrogens with one attached hydrogen (secondary N) is 1. The molecular formula is C15H31N3O. The van der Waals surface area contributed by atoms with Crippen LogP contribution in [-0.2, 0) is 4.74 Å². The van der Waals surface area contributed by atoms with Gasteiger partial charge in [-0.2, -0.15) is 0 Å². The van der Waals surface area contributed by atoms with E-state index >= 15 is 0 Å². The number of ether oxygens (including phenoxy) is 1. The highest BCUT2D eigenvalue weighted by atomic mass is 16.5. The molecule has 2 rings (SSSR count). The van der Waals surface area contributed by atoms with E-state index in [9.17, 15) is 0 Å². The summed E-state index contributed by atoms with van der Waals surface area (Å²) in [7, 11) is 1.82. The Morgan fingerprint density at radius 3 is 2.63 bits per heavy atom. The number of methoxy groups -OCH3 is 1. The van der Waals surface area contributed by atoms with Gasteiger partial charge in [0.2, 0.25) is 0 Å². The van der Waals surface area contributed by atoms with Crippen molar-refractivity contribution in [2.75, 3.05) is 59.5 Å². The molecule has 2 saturated heterocycles. The number of hydrogen-bond acceptors (Lipinski definition) is 4. The van der Waals surface area contributed by atoms with Crippen LogP contribution in [0.2, 0.25) is 0 Å². The van der Waals surface area contributed by atoms with E-state index in [0.29, 0.717) is 0 Å². The van der Waals surface area contributed by atoms with Gasteiger partial charge < -0.3 is 15.0 Å². The highest BCUT2D eigenvalue weighted by molar-refractivity contribution is 4.89. The number of piperidine rings is 1. The molecule has 1 N–H and O–H groups in total. The minimum atomic E-state index is 0.289. The van der Waals surface area contributed by atoms with Crippen LogP contribution in [0.5, 0.6) is 0 Å². The molecular weight excluding hydrogens is 238 g/mol. The number of rotatable bonds is 5. The maximum atomic E-state index is 5.33. The van der Waals surface area contributed by atoms with Crippen molar-refractivity contribution in [1.82, 2.24) is 15.1 Å². The van der Waals surface area contributed by atoms with Crippen molar-refractivity contribution >= 4 is 0 Å². The van der Waals surface area contributed by atoms with Gasteiger partial charge >= 0.3 is 0 Å². The van der Waals surface area contributed by atoms with Gasteiger partial charge in [-0.05, 0) is 39.2 Å². The molecule has 0 aromatic rings. The molecule has 2 aliphatic heterocycles. The van der Waals surface area contributed by atoms with Crippen molar-refractivity contribution in [1.29, 1.82) is 0 Å². The molecule has 4 nitrogen and oxygen atoms in total. The van der Waals surface area contributed by atoms with Crippen LogP contribution in [0.3, 0.4) is 0 Å². The number of piperazine rings is 1. The van der Waals surface area contributed by atoms with Crippen LogP contribution in [0.4, 0.5) is 0 Å². The average Bonchev–Trinajstić information content (AvgIpc) is 2.40. The third-order valence-electron chi connectivity index (χ3n) is 4.59. The van der Waals surface area contributed by atoms with Gasteiger partial charge in [-0.3, -0.25) is 4.90 Å². The summed E-state index contributed by atoms with van der Waals surface area (Å²) in [6.07, 6.45) is 2.66. The minimum Gasteiger partial charge on any atom is -0.384 e. The predicted octanol–water partition coefficient (Wildman–Crippen LogP) is 1.03.